The molecule has 0 aromatic heterocycles. The molecule has 0 aromatic rings. The molecule has 1 heterocycles. The van der Waals surface area contributed by atoms with Crippen LogP contribution in [0, 0.1) is 17.3 Å². The van der Waals surface area contributed by atoms with Gasteiger partial charge in [-0.3, -0.25) is 9.59 Å². The van der Waals surface area contributed by atoms with E-state index in [1.807, 2.05) is 0 Å². The molecule has 2 aliphatic carbocycles. The molecule has 8 unspecified atom stereocenters. The molecule has 8 heteroatoms. The first-order valence-corrected chi connectivity index (χ1v) is 9.68. The van der Waals surface area contributed by atoms with Gasteiger partial charge in [0.2, 0.25) is 0 Å². The predicted octanol–water partition coefficient (Wildman–Crippen LogP) is 0.935. The van der Waals surface area contributed by atoms with E-state index in [-0.39, 0.29) is 30.0 Å². The van der Waals surface area contributed by atoms with Crippen LogP contribution >= 0.6 is 0 Å². The van der Waals surface area contributed by atoms with E-state index >= 15 is 0 Å². The van der Waals surface area contributed by atoms with E-state index in [9.17, 15) is 19.8 Å². The van der Waals surface area contributed by atoms with E-state index in [1.165, 1.54) is 19.4 Å². The van der Waals surface area contributed by atoms with Crippen molar-refractivity contribution in [1.82, 2.24) is 0 Å². The van der Waals surface area contributed by atoms with Gasteiger partial charge < -0.3 is 29.2 Å². The quantitative estimate of drug-likeness (QED) is 0.520. The number of hydrogen-bond donors (Lipinski definition) is 2. The Hall–Kier alpha value is -1.48. The number of aliphatic hydroxyl groups is 2. The van der Waals surface area contributed by atoms with Crippen molar-refractivity contribution < 1.29 is 38.7 Å². The molecule has 1 saturated heterocycles. The number of fused-ring (bicyclic) bond motifs is 2. The highest BCUT2D eigenvalue weighted by Crippen LogP contribution is 2.60. The lowest BCUT2D eigenvalue weighted by Gasteiger charge is -2.62. The Morgan fingerprint density at radius 2 is 1.86 bits per heavy atom. The molecule has 2 fully saturated rings. The van der Waals surface area contributed by atoms with Crippen molar-refractivity contribution >= 4 is 11.9 Å². The number of carbonyl (C=O) groups excluding carboxylic acids is 2. The van der Waals surface area contributed by atoms with Crippen LogP contribution in [0.3, 0.4) is 0 Å². The fourth-order valence-corrected chi connectivity index (χ4v) is 4.91. The number of aliphatic hydroxyl groups excluding tert-OH is 2. The number of esters is 2. The molecule has 28 heavy (non-hydrogen) atoms. The van der Waals surface area contributed by atoms with Gasteiger partial charge in [0.05, 0.1) is 6.10 Å². The summed E-state index contributed by atoms with van der Waals surface area (Å²) in [6.45, 7) is 8.70. The zero-order valence-corrected chi connectivity index (χ0v) is 17.0. The highest BCUT2D eigenvalue weighted by atomic mass is 16.7. The Morgan fingerprint density at radius 3 is 2.39 bits per heavy atom. The van der Waals surface area contributed by atoms with Crippen molar-refractivity contribution in [3.63, 3.8) is 0 Å². The van der Waals surface area contributed by atoms with Crippen LogP contribution in [0.25, 0.3) is 0 Å². The lowest BCUT2D eigenvalue weighted by molar-refractivity contribution is -0.340. The molecule has 3 rings (SSSR count). The molecule has 0 spiro atoms. The molecule has 0 amide bonds. The van der Waals surface area contributed by atoms with Crippen LogP contribution in [0.2, 0.25) is 0 Å². The van der Waals surface area contributed by atoms with Gasteiger partial charge in [-0.1, -0.05) is 25.5 Å². The Morgan fingerprint density at radius 1 is 1.18 bits per heavy atom. The highest BCUT2D eigenvalue weighted by Gasteiger charge is 2.61. The van der Waals surface area contributed by atoms with Crippen molar-refractivity contribution in [1.29, 1.82) is 0 Å². The zero-order chi connectivity index (χ0) is 20.8. The Balaban J connectivity index is 1.78. The second-order valence-corrected chi connectivity index (χ2v) is 8.59. The maximum atomic E-state index is 11.5. The first kappa shape index (κ1) is 21.2. The molecule has 158 valence electrons. The topological polar surface area (TPSA) is 112 Å². The Labute approximate surface area is 164 Å². The van der Waals surface area contributed by atoms with Crippen molar-refractivity contribution in [2.75, 3.05) is 6.61 Å². The maximum Gasteiger partial charge on any atom is 0.303 e. The molecule has 1 saturated carbocycles. The second-order valence-electron chi connectivity index (χ2n) is 8.59. The zero-order valence-electron chi connectivity index (χ0n) is 17.0. The fourth-order valence-electron chi connectivity index (χ4n) is 4.91. The van der Waals surface area contributed by atoms with Crippen molar-refractivity contribution in [2.24, 2.45) is 17.3 Å². The third-order valence-corrected chi connectivity index (χ3v) is 6.36. The number of hydrogen-bond acceptors (Lipinski definition) is 8. The number of ether oxygens (including phenoxy) is 4. The summed E-state index contributed by atoms with van der Waals surface area (Å²) in [6.07, 6.45) is -3.08. The van der Waals surface area contributed by atoms with Gasteiger partial charge in [-0.2, -0.15) is 0 Å². The number of carbonyl (C=O) groups is 2. The monoisotopic (exact) mass is 398 g/mol. The van der Waals surface area contributed by atoms with E-state index < -0.39 is 42.6 Å². The normalized spacial score (nSPS) is 41.5. The van der Waals surface area contributed by atoms with Crippen LogP contribution in [-0.2, 0) is 28.5 Å². The van der Waals surface area contributed by atoms with Gasteiger partial charge in [0.1, 0.15) is 24.9 Å². The number of allylic oxidation sites excluding steroid dienone is 1. The van der Waals surface area contributed by atoms with E-state index in [2.05, 4.69) is 26.8 Å². The van der Waals surface area contributed by atoms with Gasteiger partial charge in [0, 0.05) is 19.8 Å². The molecule has 2 N–H and O–H groups in total. The van der Waals surface area contributed by atoms with Crippen molar-refractivity contribution in [2.45, 2.75) is 77.8 Å². The largest absolute Gasteiger partial charge is 0.463 e. The minimum Gasteiger partial charge on any atom is -0.463 e. The minimum absolute atomic E-state index is 0.0877. The molecule has 8 atom stereocenters. The molecule has 0 aromatic carbocycles. The smallest absolute Gasteiger partial charge is 0.303 e. The third kappa shape index (κ3) is 3.70. The summed E-state index contributed by atoms with van der Waals surface area (Å²) in [4.78, 5) is 22.6. The lowest BCUT2D eigenvalue weighted by atomic mass is 9.47. The molecule has 0 radical (unpaired) electrons. The molecular formula is C20H30O8. The summed E-state index contributed by atoms with van der Waals surface area (Å²) in [6, 6.07) is 0. The fraction of sp³-hybridized carbons (Fsp3) is 0.800. The summed E-state index contributed by atoms with van der Waals surface area (Å²) in [5.74, 6) is -0.666. The van der Waals surface area contributed by atoms with Gasteiger partial charge in [-0.15, -0.1) is 0 Å². The van der Waals surface area contributed by atoms with Gasteiger partial charge in [0.15, 0.2) is 12.4 Å². The van der Waals surface area contributed by atoms with Crippen LogP contribution < -0.4 is 0 Å². The molecule has 8 nitrogen and oxygen atoms in total. The second kappa shape index (κ2) is 7.74. The van der Waals surface area contributed by atoms with Crippen LogP contribution in [0.15, 0.2) is 11.6 Å². The highest BCUT2D eigenvalue weighted by molar-refractivity contribution is 5.66. The Kier molecular flexibility index (Phi) is 5.87. The number of rotatable bonds is 5. The van der Waals surface area contributed by atoms with Crippen LogP contribution in [0.1, 0.15) is 41.0 Å². The van der Waals surface area contributed by atoms with E-state index in [4.69, 9.17) is 18.9 Å². The SMILES string of the molecule is CC(=O)OCC1OC(OC2C3CC=C(C)C2C3(C)C)C(OC(C)=O)C(O)C1O. The lowest BCUT2D eigenvalue weighted by Crippen LogP contribution is -2.66. The first-order valence-electron chi connectivity index (χ1n) is 9.68. The average molecular weight is 398 g/mol. The Bertz CT molecular complexity index is 655. The van der Waals surface area contributed by atoms with Gasteiger partial charge in [-0.25, -0.2) is 0 Å². The van der Waals surface area contributed by atoms with Gasteiger partial charge >= 0.3 is 11.9 Å². The average Bonchev–Trinajstić information content (AvgIpc) is 2.59. The van der Waals surface area contributed by atoms with Gasteiger partial charge in [-0.05, 0) is 24.7 Å². The van der Waals surface area contributed by atoms with E-state index in [1.54, 1.807) is 0 Å². The van der Waals surface area contributed by atoms with Crippen LogP contribution in [-0.4, -0.2) is 65.6 Å². The van der Waals surface area contributed by atoms with Crippen molar-refractivity contribution in [3.8, 4) is 0 Å². The molecule has 1 aliphatic heterocycles. The van der Waals surface area contributed by atoms with Crippen LogP contribution in [0.5, 0.6) is 0 Å². The van der Waals surface area contributed by atoms with Crippen molar-refractivity contribution in [3.05, 3.63) is 11.6 Å². The first-order chi connectivity index (χ1) is 13.0. The summed E-state index contributed by atoms with van der Waals surface area (Å²) in [7, 11) is 0. The maximum absolute atomic E-state index is 11.5. The summed E-state index contributed by atoms with van der Waals surface area (Å²) in [5.41, 5.74) is 1.33. The van der Waals surface area contributed by atoms with E-state index in [0.717, 1.165) is 6.42 Å². The summed E-state index contributed by atoms with van der Waals surface area (Å²) < 4.78 is 22.2. The molecule has 3 aliphatic rings. The standard InChI is InChI=1S/C20H30O8/c1-9-6-7-12-17(14(9)20(12,4)5)28-19-18(26-11(3)22)16(24)15(23)13(27-19)8-25-10(2)21/h6,12-19,23-24H,7-8H2,1-5H3. The molecular weight excluding hydrogens is 368 g/mol. The predicted molar refractivity (Wildman–Crippen MR) is 96.9 cm³/mol. The van der Waals surface area contributed by atoms with Crippen LogP contribution in [0.4, 0.5) is 0 Å². The van der Waals surface area contributed by atoms with E-state index in [0.29, 0.717) is 0 Å². The minimum atomic E-state index is -1.42. The molecule has 2 bridgehead atoms. The van der Waals surface area contributed by atoms with Gasteiger partial charge in [0.25, 0.3) is 0 Å². The summed E-state index contributed by atoms with van der Waals surface area (Å²) >= 11 is 0. The third-order valence-electron chi connectivity index (χ3n) is 6.36. The summed E-state index contributed by atoms with van der Waals surface area (Å²) in [5, 5.41) is 20.8.